The van der Waals surface area contributed by atoms with Crippen LogP contribution in [0.3, 0.4) is 0 Å². The van der Waals surface area contributed by atoms with Gasteiger partial charge < -0.3 is 19.5 Å². The Kier molecular flexibility index (Phi) is 12.4. The quantitative estimate of drug-likeness (QED) is 0.214. The second kappa shape index (κ2) is 14.3. The highest BCUT2D eigenvalue weighted by Crippen LogP contribution is 2.06. The largest absolute Gasteiger partial charge is 0.382 e. The molecule has 162 valence electrons. The Morgan fingerprint density at radius 3 is 2.72 bits per heavy atom. The number of halogens is 2. The number of aliphatic imine (C=N–C) groups is 1. The van der Waals surface area contributed by atoms with Crippen molar-refractivity contribution in [2.75, 3.05) is 33.4 Å². The Hall–Kier alpha value is -1.75. The summed E-state index contributed by atoms with van der Waals surface area (Å²) < 4.78 is 20.6. The summed E-state index contributed by atoms with van der Waals surface area (Å²) in [6, 6.07) is 6.55. The third kappa shape index (κ3) is 9.07. The summed E-state index contributed by atoms with van der Waals surface area (Å²) in [7, 11) is 1.98. The topological polar surface area (TPSA) is 67.6 Å². The van der Waals surface area contributed by atoms with Crippen LogP contribution in [0.25, 0.3) is 0 Å². The van der Waals surface area contributed by atoms with Crippen LogP contribution in [-0.2, 0) is 24.2 Å². The molecule has 7 nitrogen and oxygen atoms in total. The lowest BCUT2D eigenvalue weighted by Crippen LogP contribution is -2.40. The van der Waals surface area contributed by atoms with Gasteiger partial charge in [-0.05, 0) is 31.0 Å². The Labute approximate surface area is 189 Å². The van der Waals surface area contributed by atoms with Gasteiger partial charge in [0.15, 0.2) is 5.96 Å². The van der Waals surface area contributed by atoms with E-state index in [-0.39, 0.29) is 29.8 Å². The molecule has 0 amide bonds. The second-order valence-corrected chi connectivity index (χ2v) is 6.46. The number of nitrogens with zero attached hydrogens (tertiary/aromatic N) is 5. The van der Waals surface area contributed by atoms with Crippen molar-refractivity contribution in [1.82, 2.24) is 25.0 Å². The molecule has 0 fully saturated rings. The van der Waals surface area contributed by atoms with Crippen LogP contribution in [0, 0.1) is 5.82 Å². The van der Waals surface area contributed by atoms with E-state index in [1.807, 2.05) is 23.4 Å². The fourth-order valence-corrected chi connectivity index (χ4v) is 2.77. The Morgan fingerprint density at radius 1 is 1.28 bits per heavy atom. The molecule has 9 heteroatoms. The zero-order valence-electron chi connectivity index (χ0n) is 17.5. The van der Waals surface area contributed by atoms with Gasteiger partial charge in [0.1, 0.15) is 18.0 Å². The Morgan fingerprint density at radius 2 is 2.03 bits per heavy atom. The maximum Gasteiger partial charge on any atom is 0.194 e. The van der Waals surface area contributed by atoms with Crippen molar-refractivity contribution >= 4 is 29.9 Å². The van der Waals surface area contributed by atoms with Crippen LogP contribution < -0.4 is 5.32 Å². The summed E-state index contributed by atoms with van der Waals surface area (Å²) in [6.45, 7) is 8.28. The van der Waals surface area contributed by atoms with Gasteiger partial charge in [-0.2, -0.15) is 0 Å². The van der Waals surface area contributed by atoms with Gasteiger partial charge in [0.25, 0.3) is 0 Å². The highest BCUT2D eigenvalue weighted by Gasteiger charge is 2.08. The van der Waals surface area contributed by atoms with Crippen LogP contribution in [0.1, 0.15) is 31.7 Å². The summed E-state index contributed by atoms with van der Waals surface area (Å²) in [4.78, 5) is 6.75. The van der Waals surface area contributed by atoms with E-state index in [1.165, 1.54) is 12.1 Å². The maximum absolute atomic E-state index is 13.1. The van der Waals surface area contributed by atoms with Gasteiger partial charge >= 0.3 is 0 Å². The number of ether oxygens (including phenoxy) is 1. The lowest BCUT2D eigenvalue weighted by molar-refractivity contribution is 0.146. The van der Waals surface area contributed by atoms with Crippen molar-refractivity contribution in [3.8, 4) is 0 Å². The Balaban J connectivity index is 0.00000420. The van der Waals surface area contributed by atoms with Gasteiger partial charge in [0, 0.05) is 52.9 Å². The van der Waals surface area contributed by atoms with Crippen molar-refractivity contribution in [3.63, 3.8) is 0 Å². The van der Waals surface area contributed by atoms with E-state index in [4.69, 9.17) is 9.73 Å². The molecule has 0 unspecified atom stereocenters. The van der Waals surface area contributed by atoms with E-state index in [9.17, 15) is 4.39 Å². The van der Waals surface area contributed by atoms with Crippen molar-refractivity contribution in [2.24, 2.45) is 4.99 Å². The zero-order valence-corrected chi connectivity index (χ0v) is 19.8. The van der Waals surface area contributed by atoms with Crippen LogP contribution in [0.5, 0.6) is 0 Å². The molecule has 0 bridgehead atoms. The van der Waals surface area contributed by atoms with Crippen LogP contribution in [-0.4, -0.2) is 59.0 Å². The van der Waals surface area contributed by atoms with Crippen molar-refractivity contribution in [3.05, 3.63) is 47.8 Å². The molecule has 0 radical (unpaired) electrons. The molecule has 29 heavy (non-hydrogen) atoms. The van der Waals surface area contributed by atoms with E-state index in [2.05, 4.69) is 22.4 Å². The number of hydrogen-bond donors (Lipinski definition) is 1. The molecular formula is C20H32FIN6O. The fraction of sp³-hybridized carbons (Fsp3) is 0.550. The summed E-state index contributed by atoms with van der Waals surface area (Å²) in [5.41, 5.74) is 1.03. The predicted octanol–water partition coefficient (Wildman–Crippen LogP) is 3.10. The maximum atomic E-state index is 13.1. The van der Waals surface area contributed by atoms with Crippen LogP contribution >= 0.6 is 24.0 Å². The van der Waals surface area contributed by atoms with Gasteiger partial charge in [0.2, 0.25) is 0 Å². The normalized spacial score (nSPS) is 11.2. The Bertz CT molecular complexity index is 722. The van der Waals surface area contributed by atoms with Crippen molar-refractivity contribution in [1.29, 1.82) is 0 Å². The number of hydrogen-bond acceptors (Lipinski definition) is 4. The van der Waals surface area contributed by atoms with Crippen molar-refractivity contribution < 1.29 is 9.13 Å². The number of aryl methyl sites for hydroxylation is 1. The standard InChI is InChI=1S/C20H31FN6O.HI/c1-4-19-25-24-16-27(19)13-12-23-20(22-11-6-14-28-5-2)26(3)15-17-7-9-18(21)10-8-17;/h7-10,16H,4-6,11-15H2,1-3H3,(H,22,23);1H. The minimum Gasteiger partial charge on any atom is -0.382 e. The third-order valence-electron chi connectivity index (χ3n) is 4.25. The average molecular weight is 518 g/mol. The van der Waals surface area contributed by atoms with Gasteiger partial charge in [-0.1, -0.05) is 19.1 Å². The highest BCUT2D eigenvalue weighted by molar-refractivity contribution is 14.0. The SMILES string of the molecule is CCOCCCN=C(NCCn1cnnc1CC)N(C)Cc1ccc(F)cc1.I. The van der Waals surface area contributed by atoms with Gasteiger partial charge in [-0.15, -0.1) is 34.2 Å². The van der Waals surface area contributed by atoms with Gasteiger partial charge in [-0.3, -0.25) is 4.99 Å². The molecule has 0 atom stereocenters. The average Bonchev–Trinajstić information content (AvgIpc) is 3.15. The zero-order chi connectivity index (χ0) is 20.2. The van der Waals surface area contributed by atoms with E-state index in [0.29, 0.717) is 26.2 Å². The summed E-state index contributed by atoms with van der Waals surface area (Å²) in [5, 5.41) is 11.5. The molecular weight excluding hydrogens is 486 g/mol. The molecule has 1 aromatic carbocycles. The van der Waals surface area contributed by atoms with Gasteiger partial charge in [-0.25, -0.2) is 4.39 Å². The lowest BCUT2D eigenvalue weighted by atomic mass is 10.2. The van der Waals surface area contributed by atoms with Crippen LogP contribution in [0.15, 0.2) is 35.6 Å². The first kappa shape index (κ1) is 25.3. The molecule has 0 aliphatic rings. The van der Waals surface area contributed by atoms with Gasteiger partial charge in [0.05, 0.1) is 0 Å². The lowest BCUT2D eigenvalue weighted by Gasteiger charge is -2.23. The number of rotatable bonds is 11. The van der Waals surface area contributed by atoms with E-state index < -0.39 is 0 Å². The third-order valence-corrected chi connectivity index (χ3v) is 4.25. The molecule has 2 aromatic rings. The second-order valence-electron chi connectivity index (χ2n) is 6.46. The number of nitrogens with one attached hydrogen (secondary N) is 1. The first-order valence-electron chi connectivity index (χ1n) is 9.82. The molecule has 0 saturated carbocycles. The molecule has 1 heterocycles. The van der Waals surface area contributed by atoms with Crippen LogP contribution in [0.4, 0.5) is 4.39 Å². The van der Waals surface area contributed by atoms with E-state index >= 15 is 0 Å². The molecule has 1 aromatic heterocycles. The van der Waals surface area contributed by atoms with E-state index in [0.717, 1.165) is 43.3 Å². The first-order valence-corrected chi connectivity index (χ1v) is 9.82. The number of guanidine groups is 1. The highest BCUT2D eigenvalue weighted by atomic mass is 127. The molecule has 0 aliphatic carbocycles. The molecule has 0 aliphatic heterocycles. The smallest absolute Gasteiger partial charge is 0.194 e. The summed E-state index contributed by atoms with van der Waals surface area (Å²) in [5.74, 6) is 1.55. The molecule has 0 saturated heterocycles. The minimum absolute atomic E-state index is 0. The van der Waals surface area contributed by atoms with E-state index in [1.54, 1.807) is 18.5 Å². The number of benzene rings is 1. The minimum atomic E-state index is -0.227. The summed E-state index contributed by atoms with van der Waals surface area (Å²) >= 11 is 0. The number of aromatic nitrogens is 3. The first-order chi connectivity index (χ1) is 13.6. The molecule has 0 spiro atoms. The molecule has 2 rings (SSSR count). The molecule has 1 N–H and O–H groups in total. The van der Waals surface area contributed by atoms with Crippen LogP contribution in [0.2, 0.25) is 0 Å². The predicted molar refractivity (Wildman–Crippen MR) is 124 cm³/mol. The summed E-state index contributed by atoms with van der Waals surface area (Å²) in [6.07, 6.45) is 3.47. The van der Waals surface area contributed by atoms with Crippen molar-refractivity contribution in [2.45, 2.75) is 39.8 Å². The fourth-order valence-electron chi connectivity index (χ4n) is 2.77. The monoisotopic (exact) mass is 518 g/mol.